The highest BCUT2D eigenvalue weighted by molar-refractivity contribution is 7.15. The first kappa shape index (κ1) is 22.8. The van der Waals surface area contributed by atoms with Crippen LogP contribution in [0, 0.1) is 13.8 Å². The summed E-state index contributed by atoms with van der Waals surface area (Å²) in [6.45, 7) is 5.64. The molecule has 166 valence electrons. The van der Waals surface area contributed by atoms with Crippen molar-refractivity contribution >= 4 is 34.1 Å². The largest absolute Gasteiger partial charge is 0.484 e. The van der Waals surface area contributed by atoms with Gasteiger partial charge in [-0.2, -0.15) is 0 Å². The van der Waals surface area contributed by atoms with Crippen molar-refractivity contribution in [1.82, 2.24) is 10.9 Å². The summed E-state index contributed by atoms with van der Waals surface area (Å²) in [6, 6.07) is 5.59. The van der Waals surface area contributed by atoms with Crippen LogP contribution >= 0.6 is 11.3 Å². The Morgan fingerprint density at radius 2 is 1.90 bits per heavy atom. The second kappa shape index (κ2) is 10.4. The van der Waals surface area contributed by atoms with Crippen molar-refractivity contribution in [3.8, 4) is 5.75 Å². The number of carbonyl (C=O) groups is 3. The SMILES string of the molecule is CCOC(=O)c1c(C2CC2)csc1NC(=O)CNNC(=O)COc1ccc(C)c(C)c1. The number of carbonyl (C=O) groups excluding carboxylic acids is 3. The summed E-state index contributed by atoms with van der Waals surface area (Å²) in [4.78, 5) is 36.5. The van der Waals surface area contributed by atoms with Crippen LogP contribution in [-0.4, -0.2) is 37.5 Å². The van der Waals surface area contributed by atoms with Gasteiger partial charge in [0, 0.05) is 0 Å². The standard InChI is InChI=1S/C22H27N3O5S/c1-4-29-22(28)20-17(15-6-7-15)12-31-21(20)24-18(26)10-23-25-19(27)11-30-16-8-5-13(2)14(3)9-16/h5,8-9,12,15,23H,4,6-7,10-11H2,1-3H3,(H,24,26)(H,25,27). The number of hydrogen-bond acceptors (Lipinski definition) is 7. The zero-order valence-electron chi connectivity index (χ0n) is 17.9. The van der Waals surface area contributed by atoms with E-state index in [1.165, 1.54) is 11.3 Å². The molecule has 0 atom stereocenters. The Hall–Kier alpha value is -2.91. The fourth-order valence-electron chi connectivity index (χ4n) is 2.95. The van der Waals surface area contributed by atoms with Gasteiger partial charge < -0.3 is 14.8 Å². The maximum absolute atomic E-state index is 12.3. The molecule has 31 heavy (non-hydrogen) atoms. The highest BCUT2D eigenvalue weighted by atomic mass is 32.1. The summed E-state index contributed by atoms with van der Waals surface area (Å²) in [7, 11) is 0. The van der Waals surface area contributed by atoms with E-state index < -0.39 is 11.9 Å². The van der Waals surface area contributed by atoms with E-state index in [0.717, 1.165) is 29.5 Å². The lowest BCUT2D eigenvalue weighted by Crippen LogP contribution is -2.44. The third-order valence-electron chi connectivity index (χ3n) is 4.89. The van der Waals surface area contributed by atoms with E-state index in [2.05, 4.69) is 16.2 Å². The van der Waals surface area contributed by atoms with Crippen molar-refractivity contribution in [2.75, 3.05) is 25.1 Å². The fraction of sp³-hybridized carbons (Fsp3) is 0.409. The summed E-state index contributed by atoms with van der Waals surface area (Å²) < 4.78 is 10.6. The number of thiophene rings is 1. The first-order valence-corrected chi connectivity index (χ1v) is 11.1. The van der Waals surface area contributed by atoms with Crippen LogP contribution in [-0.2, 0) is 14.3 Å². The average molecular weight is 446 g/mol. The molecule has 1 aromatic heterocycles. The van der Waals surface area contributed by atoms with Crippen molar-refractivity contribution in [3.05, 3.63) is 45.8 Å². The predicted octanol–water partition coefficient (Wildman–Crippen LogP) is 3.06. The van der Waals surface area contributed by atoms with E-state index in [1.54, 1.807) is 13.0 Å². The quantitative estimate of drug-likeness (QED) is 0.383. The van der Waals surface area contributed by atoms with Gasteiger partial charge >= 0.3 is 5.97 Å². The Balaban J connectivity index is 1.45. The number of benzene rings is 1. The van der Waals surface area contributed by atoms with Gasteiger partial charge in [0.05, 0.1) is 18.7 Å². The molecule has 2 aromatic rings. The number of ether oxygens (including phenoxy) is 2. The Kier molecular flexibility index (Phi) is 7.64. The number of amides is 2. The summed E-state index contributed by atoms with van der Waals surface area (Å²) >= 11 is 1.31. The number of hydrazine groups is 1. The van der Waals surface area contributed by atoms with Crippen LogP contribution in [0.4, 0.5) is 5.00 Å². The molecular formula is C22H27N3O5S. The monoisotopic (exact) mass is 445 g/mol. The Labute approximate surface area is 185 Å². The summed E-state index contributed by atoms with van der Waals surface area (Å²) in [5.74, 6) is -0.260. The molecule has 0 saturated heterocycles. The minimum Gasteiger partial charge on any atom is -0.484 e. The number of rotatable bonds is 10. The highest BCUT2D eigenvalue weighted by Crippen LogP contribution is 2.46. The molecule has 9 heteroatoms. The molecule has 0 aliphatic heterocycles. The summed E-state index contributed by atoms with van der Waals surface area (Å²) in [5, 5.41) is 5.10. The van der Waals surface area contributed by atoms with Gasteiger partial charge in [-0.1, -0.05) is 6.07 Å². The molecule has 1 aliphatic rings. The van der Waals surface area contributed by atoms with E-state index in [4.69, 9.17) is 9.47 Å². The maximum atomic E-state index is 12.3. The normalized spacial score (nSPS) is 12.9. The maximum Gasteiger partial charge on any atom is 0.341 e. The Morgan fingerprint density at radius 1 is 1.13 bits per heavy atom. The molecule has 0 unspecified atom stereocenters. The second-order valence-corrected chi connectivity index (χ2v) is 8.25. The minimum absolute atomic E-state index is 0.158. The summed E-state index contributed by atoms with van der Waals surface area (Å²) in [6.07, 6.45) is 2.07. The van der Waals surface area contributed by atoms with Crippen LogP contribution in [0.2, 0.25) is 0 Å². The lowest BCUT2D eigenvalue weighted by molar-refractivity contribution is -0.124. The van der Waals surface area contributed by atoms with Crippen LogP contribution in [0.3, 0.4) is 0 Å². The van der Waals surface area contributed by atoms with Gasteiger partial charge in [0.15, 0.2) is 6.61 Å². The molecule has 1 aliphatic carbocycles. The molecule has 3 rings (SSSR count). The van der Waals surface area contributed by atoms with Crippen molar-refractivity contribution < 1.29 is 23.9 Å². The lowest BCUT2D eigenvalue weighted by Gasteiger charge is -2.11. The van der Waals surface area contributed by atoms with Crippen molar-refractivity contribution in [1.29, 1.82) is 0 Å². The smallest absolute Gasteiger partial charge is 0.341 e. The molecule has 0 bridgehead atoms. The number of esters is 1. The number of hydrogen-bond donors (Lipinski definition) is 3. The van der Waals surface area contributed by atoms with Crippen LogP contribution in [0.15, 0.2) is 23.6 Å². The highest BCUT2D eigenvalue weighted by Gasteiger charge is 2.32. The molecule has 1 aromatic carbocycles. The molecule has 2 amide bonds. The molecule has 3 N–H and O–H groups in total. The van der Waals surface area contributed by atoms with Gasteiger partial charge in [-0.05, 0) is 73.7 Å². The second-order valence-electron chi connectivity index (χ2n) is 7.37. The van der Waals surface area contributed by atoms with Crippen LogP contribution in [0.25, 0.3) is 0 Å². The van der Waals surface area contributed by atoms with Crippen LogP contribution in [0.1, 0.15) is 52.7 Å². The molecule has 8 nitrogen and oxygen atoms in total. The third kappa shape index (κ3) is 6.28. The fourth-order valence-corrected chi connectivity index (χ4v) is 4.00. The van der Waals surface area contributed by atoms with E-state index >= 15 is 0 Å². The van der Waals surface area contributed by atoms with E-state index in [-0.39, 0.29) is 25.7 Å². The first-order chi connectivity index (χ1) is 14.9. The number of nitrogens with one attached hydrogen (secondary N) is 3. The number of aryl methyl sites for hydroxylation is 2. The molecule has 1 fully saturated rings. The molecular weight excluding hydrogens is 418 g/mol. The van der Waals surface area contributed by atoms with Crippen molar-refractivity contribution in [3.63, 3.8) is 0 Å². The Bertz CT molecular complexity index is 968. The topological polar surface area (TPSA) is 106 Å². The Morgan fingerprint density at radius 3 is 2.58 bits per heavy atom. The van der Waals surface area contributed by atoms with E-state index in [0.29, 0.717) is 22.2 Å². The van der Waals surface area contributed by atoms with Gasteiger partial charge in [-0.3, -0.25) is 15.0 Å². The average Bonchev–Trinajstić information content (AvgIpc) is 3.49. The predicted molar refractivity (Wildman–Crippen MR) is 118 cm³/mol. The van der Waals surface area contributed by atoms with Gasteiger partial charge in [-0.15, -0.1) is 11.3 Å². The van der Waals surface area contributed by atoms with E-state index in [9.17, 15) is 14.4 Å². The summed E-state index contributed by atoms with van der Waals surface area (Å²) in [5.41, 5.74) is 8.59. The van der Waals surface area contributed by atoms with E-state index in [1.807, 2.05) is 31.4 Å². The molecule has 0 radical (unpaired) electrons. The first-order valence-electron chi connectivity index (χ1n) is 10.2. The van der Waals surface area contributed by atoms with Crippen LogP contribution < -0.4 is 20.9 Å². The lowest BCUT2D eigenvalue weighted by atomic mass is 10.1. The van der Waals surface area contributed by atoms with Gasteiger partial charge in [0.25, 0.3) is 5.91 Å². The van der Waals surface area contributed by atoms with Gasteiger partial charge in [0.1, 0.15) is 10.8 Å². The van der Waals surface area contributed by atoms with Gasteiger partial charge in [0.2, 0.25) is 5.91 Å². The molecule has 1 saturated carbocycles. The van der Waals surface area contributed by atoms with Crippen molar-refractivity contribution in [2.24, 2.45) is 0 Å². The number of anilines is 1. The van der Waals surface area contributed by atoms with Crippen LogP contribution in [0.5, 0.6) is 5.75 Å². The van der Waals surface area contributed by atoms with Crippen molar-refractivity contribution in [2.45, 2.75) is 39.5 Å². The third-order valence-corrected chi connectivity index (χ3v) is 5.81. The molecule has 1 heterocycles. The van der Waals surface area contributed by atoms with Gasteiger partial charge in [-0.25, -0.2) is 10.2 Å². The minimum atomic E-state index is -0.425. The zero-order valence-corrected chi connectivity index (χ0v) is 18.7. The molecule has 0 spiro atoms. The zero-order chi connectivity index (χ0) is 22.4.